The number of halogens is 6. The molecule has 56 heavy (non-hydrogen) atoms. The molecule has 7 rings (SSSR count). The predicted molar refractivity (Wildman–Crippen MR) is 206 cm³/mol. The van der Waals surface area contributed by atoms with Gasteiger partial charge in [-0.25, -0.2) is 0 Å². The lowest BCUT2D eigenvalue weighted by Gasteiger charge is -2.49. The summed E-state index contributed by atoms with van der Waals surface area (Å²) in [6, 6.07) is 45.2. The summed E-state index contributed by atoms with van der Waals surface area (Å²) in [5.41, 5.74) is 0.312. The van der Waals surface area contributed by atoms with Crippen LogP contribution in [-0.2, 0) is 30.6 Å². The summed E-state index contributed by atoms with van der Waals surface area (Å²) < 4.78 is 96.8. The molecule has 0 atom stereocenters. The molecule has 0 aromatic heterocycles. The minimum Gasteiger partial charge on any atom is -0.457 e. The third-order valence-electron chi connectivity index (χ3n) is 11.1. The maximum atomic E-state index is 14.0. The molecule has 6 aromatic carbocycles. The molecule has 0 radical (unpaired) electrons. The lowest BCUT2D eigenvalue weighted by molar-refractivity contribution is -0.933. The van der Waals surface area contributed by atoms with Gasteiger partial charge in [0, 0.05) is 31.1 Å². The van der Waals surface area contributed by atoms with Gasteiger partial charge in [0.15, 0.2) is 0 Å². The third-order valence-corrected chi connectivity index (χ3v) is 11.1. The smallest absolute Gasteiger partial charge is 0.416 e. The summed E-state index contributed by atoms with van der Waals surface area (Å²) >= 11 is 0. The van der Waals surface area contributed by atoms with Gasteiger partial charge >= 0.3 is 12.4 Å². The minimum absolute atomic E-state index is 0.378. The van der Waals surface area contributed by atoms with E-state index in [0.29, 0.717) is 53.0 Å². The van der Waals surface area contributed by atoms with E-state index in [-0.39, 0.29) is 0 Å². The molecule has 0 aliphatic carbocycles. The van der Waals surface area contributed by atoms with Crippen molar-refractivity contribution in [3.05, 3.63) is 191 Å². The lowest BCUT2D eigenvalue weighted by atomic mass is 9.67. The molecule has 0 spiro atoms. The Morgan fingerprint density at radius 1 is 0.446 bits per heavy atom. The van der Waals surface area contributed by atoms with Crippen LogP contribution in [0.1, 0.15) is 46.2 Å². The third kappa shape index (κ3) is 9.28. The average molecular weight is 767 g/mol. The SMILES string of the molecule is FC(F)(F)c1cccc(C2(c3cccc(C(F)(F)F)c3)CC[N+](CCc3ccc(Oc4ccccc4)cc3)(CCc3ccc(Oc4ccccc4)cc3)CC2)c1. The number of ether oxygens (including phenoxy) is 2. The van der Waals surface area contributed by atoms with Crippen molar-refractivity contribution < 1.29 is 40.3 Å². The number of rotatable bonds is 12. The van der Waals surface area contributed by atoms with E-state index in [1.165, 1.54) is 12.1 Å². The van der Waals surface area contributed by atoms with Crippen molar-refractivity contribution in [1.29, 1.82) is 0 Å². The van der Waals surface area contributed by atoms with E-state index in [2.05, 4.69) is 0 Å². The van der Waals surface area contributed by atoms with Gasteiger partial charge in [-0.3, -0.25) is 0 Å². The number of nitrogens with zero attached hydrogens (tertiary/aromatic N) is 1. The van der Waals surface area contributed by atoms with Crippen LogP contribution in [0.2, 0.25) is 0 Å². The van der Waals surface area contributed by atoms with Crippen molar-refractivity contribution >= 4 is 0 Å². The predicted octanol–water partition coefficient (Wildman–Crippen LogP) is 12.7. The van der Waals surface area contributed by atoms with Gasteiger partial charge in [-0.15, -0.1) is 0 Å². The van der Waals surface area contributed by atoms with E-state index in [1.54, 1.807) is 12.1 Å². The van der Waals surface area contributed by atoms with Crippen molar-refractivity contribution in [1.82, 2.24) is 0 Å². The topological polar surface area (TPSA) is 18.5 Å². The molecule has 0 bridgehead atoms. The van der Waals surface area contributed by atoms with Crippen molar-refractivity contribution in [3.8, 4) is 23.0 Å². The Kier molecular flexibility index (Phi) is 11.3. The van der Waals surface area contributed by atoms with Crippen LogP contribution >= 0.6 is 0 Å². The lowest BCUT2D eigenvalue weighted by Crippen LogP contribution is -2.58. The van der Waals surface area contributed by atoms with Gasteiger partial charge in [0.2, 0.25) is 0 Å². The van der Waals surface area contributed by atoms with Crippen LogP contribution in [0.4, 0.5) is 26.3 Å². The van der Waals surface area contributed by atoms with E-state index in [9.17, 15) is 26.3 Å². The number of alkyl halides is 6. The number of hydrogen-bond donors (Lipinski definition) is 0. The summed E-state index contributed by atoms with van der Waals surface area (Å²) in [5.74, 6) is 2.91. The first-order valence-electron chi connectivity index (χ1n) is 18.7. The van der Waals surface area contributed by atoms with E-state index >= 15 is 0 Å². The summed E-state index contributed by atoms with van der Waals surface area (Å²) in [6.45, 7) is 2.62. The monoisotopic (exact) mass is 766 g/mol. The quantitative estimate of drug-likeness (QED) is 0.0912. The highest BCUT2D eigenvalue weighted by atomic mass is 19.4. The molecule has 6 aromatic rings. The maximum Gasteiger partial charge on any atom is 0.416 e. The summed E-state index contributed by atoms with van der Waals surface area (Å²) in [7, 11) is 0. The molecule has 0 amide bonds. The van der Waals surface area contributed by atoms with Crippen molar-refractivity contribution in [2.24, 2.45) is 0 Å². The number of hydrogen-bond acceptors (Lipinski definition) is 2. The first-order valence-corrected chi connectivity index (χ1v) is 18.7. The molecule has 1 saturated heterocycles. The molecule has 0 N–H and O–H groups in total. The zero-order valence-electron chi connectivity index (χ0n) is 30.7. The van der Waals surface area contributed by atoms with Crippen LogP contribution in [0.3, 0.4) is 0 Å². The maximum absolute atomic E-state index is 14.0. The van der Waals surface area contributed by atoms with Crippen molar-refractivity contribution in [2.75, 3.05) is 26.2 Å². The van der Waals surface area contributed by atoms with Gasteiger partial charge in [0.1, 0.15) is 23.0 Å². The highest BCUT2D eigenvalue weighted by molar-refractivity contribution is 5.44. The molecule has 288 valence electrons. The largest absolute Gasteiger partial charge is 0.457 e. The standard InChI is InChI=1S/C47H42F6NO2/c48-46(49,50)39-11-7-9-37(33-39)45(38-10-8-12-40(34-38)47(51,52)53)27-31-54(32-28-45,29-25-35-17-21-43(22-18-35)55-41-13-3-1-4-14-41)30-26-36-19-23-44(24-20-36)56-42-15-5-2-6-16-42/h1-24,33-34H,25-32H2/q+1. The Balaban J connectivity index is 1.16. The van der Waals surface area contributed by atoms with Gasteiger partial charge < -0.3 is 14.0 Å². The molecule has 1 aliphatic heterocycles. The van der Waals surface area contributed by atoms with E-state index in [1.807, 2.05) is 109 Å². The first-order chi connectivity index (χ1) is 26.9. The van der Waals surface area contributed by atoms with Crippen LogP contribution < -0.4 is 9.47 Å². The second-order valence-electron chi connectivity index (χ2n) is 14.6. The molecule has 3 nitrogen and oxygen atoms in total. The zero-order valence-corrected chi connectivity index (χ0v) is 30.7. The van der Waals surface area contributed by atoms with Crippen LogP contribution in [0.5, 0.6) is 23.0 Å². The summed E-state index contributed by atoms with van der Waals surface area (Å²) in [6.07, 6.45) is -6.97. The van der Waals surface area contributed by atoms with Crippen molar-refractivity contribution in [2.45, 2.75) is 43.5 Å². The van der Waals surface area contributed by atoms with Crippen LogP contribution in [0.15, 0.2) is 158 Å². The second kappa shape index (κ2) is 16.3. The van der Waals surface area contributed by atoms with Gasteiger partial charge in [-0.2, -0.15) is 26.3 Å². The molecule has 1 aliphatic rings. The highest BCUT2D eigenvalue weighted by Gasteiger charge is 2.46. The van der Waals surface area contributed by atoms with E-state index < -0.39 is 28.9 Å². The minimum atomic E-state index is -4.59. The van der Waals surface area contributed by atoms with Gasteiger partial charge in [-0.1, -0.05) is 97.1 Å². The Bertz CT molecular complexity index is 2030. The molecule has 0 saturated carbocycles. The Morgan fingerprint density at radius 3 is 1.20 bits per heavy atom. The van der Waals surface area contributed by atoms with Crippen molar-refractivity contribution in [3.63, 3.8) is 0 Å². The zero-order chi connectivity index (χ0) is 39.2. The molecule has 1 fully saturated rings. The van der Waals surface area contributed by atoms with Crippen LogP contribution in [0, 0.1) is 0 Å². The van der Waals surface area contributed by atoms with Crippen LogP contribution in [-0.4, -0.2) is 30.7 Å². The molecular weight excluding hydrogens is 725 g/mol. The number of quaternary nitrogens is 1. The Morgan fingerprint density at radius 2 is 0.821 bits per heavy atom. The molecule has 0 unspecified atom stereocenters. The summed E-state index contributed by atoms with van der Waals surface area (Å²) in [4.78, 5) is 0. The van der Waals surface area contributed by atoms with Gasteiger partial charge in [0.25, 0.3) is 0 Å². The van der Waals surface area contributed by atoms with Gasteiger partial charge in [0.05, 0.1) is 37.3 Å². The number of likely N-dealkylation sites (tertiary alicyclic amines) is 1. The first kappa shape index (κ1) is 38.7. The fourth-order valence-corrected chi connectivity index (χ4v) is 7.81. The fraction of sp³-hybridized carbons (Fsp3) is 0.234. The van der Waals surface area contributed by atoms with Crippen LogP contribution in [0.25, 0.3) is 0 Å². The van der Waals surface area contributed by atoms with E-state index in [0.717, 1.165) is 72.8 Å². The second-order valence-corrected chi connectivity index (χ2v) is 14.6. The number of para-hydroxylation sites is 2. The average Bonchev–Trinajstić information content (AvgIpc) is 3.21. The Hall–Kier alpha value is -5.54. The fourth-order valence-electron chi connectivity index (χ4n) is 7.81. The number of benzene rings is 6. The Labute approximate surface area is 323 Å². The molecule has 1 heterocycles. The van der Waals surface area contributed by atoms with E-state index in [4.69, 9.17) is 9.47 Å². The van der Waals surface area contributed by atoms with Gasteiger partial charge in [-0.05, 0) is 82.9 Å². The normalized spacial score (nSPS) is 15.2. The number of piperidine rings is 1. The molecular formula is C47H42F6NO2+. The molecule has 9 heteroatoms. The highest BCUT2D eigenvalue weighted by Crippen LogP contribution is 2.46. The summed E-state index contributed by atoms with van der Waals surface area (Å²) in [5, 5.41) is 0.